The van der Waals surface area contributed by atoms with Crippen LogP contribution in [0.15, 0.2) is 33.7 Å². The SMILES string of the molecule is Cc1nc(CCNC(=O)Cc2ccc(S)cc2)no1. The van der Waals surface area contributed by atoms with E-state index in [0.29, 0.717) is 31.1 Å². The van der Waals surface area contributed by atoms with Gasteiger partial charge in [0, 0.05) is 24.8 Å². The van der Waals surface area contributed by atoms with Crippen molar-refractivity contribution in [1.29, 1.82) is 0 Å². The summed E-state index contributed by atoms with van der Waals surface area (Å²) in [6.07, 6.45) is 0.929. The molecule has 5 nitrogen and oxygen atoms in total. The van der Waals surface area contributed by atoms with Crippen LogP contribution < -0.4 is 5.32 Å². The Kier molecular flexibility index (Phi) is 4.57. The van der Waals surface area contributed by atoms with Gasteiger partial charge in [-0.3, -0.25) is 4.79 Å². The van der Waals surface area contributed by atoms with E-state index in [1.807, 2.05) is 24.3 Å². The number of rotatable bonds is 5. The largest absolute Gasteiger partial charge is 0.355 e. The summed E-state index contributed by atoms with van der Waals surface area (Å²) in [5, 5.41) is 6.58. The predicted molar refractivity (Wildman–Crippen MR) is 73.1 cm³/mol. The summed E-state index contributed by atoms with van der Waals surface area (Å²) >= 11 is 4.20. The zero-order chi connectivity index (χ0) is 13.7. The van der Waals surface area contributed by atoms with Gasteiger partial charge in [0.25, 0.3) is 0 Å². The van der Waals surface area contributed by atoms with E-state index in [1.54, 1.807) is 6.92 Å². The maximum Gasteiger partial charge on any atom is 0.224 e. The van der Waals surface area contributed by atoms with Crippen LogP contribution in [0.3, 0.4) is 0 Å². The lowest BCUT2D eigenvalue weighted by atomic mass is 10.1. The third-order valence-electron chi connectivity index (χ3n) is 2.54. The van der Waals surface area contributed by atoms with Gasteiger partial charge >= 0.3 is 0 Å². The molecule has 6 heteroatoms. The third kappa shape index (κ3) is 4.40. The smallest absolute Gasteiger partial charge is 0.224 e. The molecule has 100 valence electrons. The number of hydrogen-bond donors (Lipinski definition) is 2. The highest BCUT2D eigenvalue weighted by Gasteiger charge is 2.05. The summed E-state index contributed by atoms with van der Waals surface area (Å²) in [5.41, 5.74) is 0.964. The number of benzene rings is 1. The van der Waals surface area contributed by atoms with Crippen molar-refractivity contribution < 1.29 is 9.32 Å². The van der Waals surface area contributed by atoms with Crippen LogP contribution in [0, 0.1) is 6.92 Å². The van der Waals surface area contributed by atoms with Crippen molar-refractivity contribution in [2.75, 3.05) is 6.54 Å². The van der Waals surface area contributed by atoms with Crippen LogP contribution in [0.25, 0.3) is 0 Å². The number of carbonyl (C=O) groups excluding carboxylic acids is 1. The van der Waals surface area contributed by atoms with Gasteiger partial charge in [-0.25, -0.2) is 0 Å². The first-order valence-electron chi connectivity index (χ1n) is 5.97. The second-order valence-electron chi connectivity index (χ2n) is 4.17. The molecule has 1 heterocycles. The van der Waals surface area contributed by atoms with Crippen LogP contribution in [0.4, 0.5) is 0 Å². The van der Waals surface area contributed by atoms with Crippen LogP contribution in [0.1, 0.15) is 17.3 Å². The second kappa shape index (κ2) is 6.38. The molecule has 0 aliphatic heterocycles. The Balaban J connectivity index is 1.74. The highest BCUT2D eigenvalue weighted by molar-refractivity contribution is 7.80. The second-order valence-corrected chi connectivity index (χ2v) is 4.69. The van der Waals surface area contributed by atoms with Crippen molar-refractivity contribution in [3.05, 3.63) is 41.5 Å². The quantitative estimate of drug-likeness (QED) is 0.814. The summed E-state index contributed by atoms with van der Waals surface area (Å²) in [6, 6.07) is 7.52. The van der Waals surface area contributed by atoms with Crippen molar-refractivity contribution in [3.63, 3.8) is 0 Å². The maximum absolute atomic E-state index is 11.7. The minimum Gasteiger partial charge on any atom is -0.355 e. The minimum atomic E-state index is -0.0212. The lowest BCUT2D eigenvalue weighted by molar-refractivity contribution is -0.120. The molecular weight excluding hydrogens is 262 g/mol. The fourth-order valence-electron chi connectivity index (χ4n) is 1.62. The van der Waals surface area contributed by atoms with Gasteiger partial charge in [0.1, 0.15) is 0 Å². The summed E-state index contributed by atoms with van der Waals surface area (Å²) < 4.78 is 4.85. The van der Waals surface area contributed by atoms with Crippen LogP contribution in [0.5, 0.6) is 0 Å². The molecule has 0 aliphatic rings. The maximum atomic E-state index is 11.7. The van der Waals surface area contributed by atoms with Crippen molar-refractivity contribution >= 4 is 18.5 Å². The van der Waals surface area contributed by atoms with Crippen molar-refractivity contribution in [2.45, 2.75) is 24.7 Å². The van der Waals surface area contributed by atoms with Crippen LogP contribution in [0.2, 0.25) is 0 Å². The van der Waals surface area contributed by atoms with E-state index in [-0.39, 0.29) is 5.91 Å². The number of thiol groups is 1. The molecular formula is C13H15N3O2S. The highest BCUT2D eigenvalue weighted by Crippen LogP contribution is 2.08. The Bertz CT molecular complexity index is 551. The molecule has 2 rings (SSSR count). The van der Waals surface area contributed by atoms with Crippen LogP contribution in [-0.4, -0.2) is 22.6 Å². The number of aromatic nitrogens is 2. The Morgan fingerprint density at radius 2 is 2.11 bits per heavy atom. The topological polar surface area (TPSA) is 68.0 Å². The van der Waals surface area contributed by atoms with E-state index >= 15 is 0 Å². The normalized spacial score (nSPS) is 10.4. The molecule has 0 aliphatic carbocycles. The van der Waals surface area contributed by atoms with Gasteiger partial charge in [-0.2, -0.15) is 4.98 Å². The summed E-state index contributed by atoms with van der Waals surface area (Å²) in [4.78, 5) is 16.6. The molecule has 0 fully saturated rings. The summed E-state index contributed by atoms with van der Waals surface area (Å²) in [5.74, 6) is 1.12. The summed E-state index contributed by atoms with van der Waals surface area (Å²) in [7, 11) is 0. The molecule has 1 aromatic heterocycles. The lowest BCUT2D eigenvalue weighted by Gasteiger charge is -2.04. The highest BCUT2D eigenvalue weighted by atomic mass is 32.1. The molecule has 0 radical (unpaired) electrons. The number of amides is 1. The number of carbonyl (C=O) groups is 1. The fraction of sp³-hybridized carbons (Fsp3) is 0.308. The number of hydrogen-bond acceptors (Lipinski definition) is 5. The molecule has 0 saturated carbocycles. The average Bonchev–Trinajstić information content (AvgIpc) is 2.78. The van der Waals surface area contributed by atoms with Crippen molar-refractivity contribution in [2.24, 2.45) is 0 Å². The Hall–Kier alpha value is -1.82. The molecule has 0 atom stereocenters. The zero-order valence-corrected chi connectivity index (χ0v) is 11.5. The number of nitrogens with one attached hydrogen (secondary N) is 1. The van der Waals surface area contributed by atoms with Gasteiger partial charge < -0.3 is 9.84 Å². The molecule has 1 amide bonds. The van der Waals surface area contributed by atoms with Gasteiger partial charge in [-0.15, -0.1) is 12.6 Å². The molecule has 1 N–H and O–H groups in total. The number of aryl methyl sites for hydroxylation is 1. The standard InChI is InChI=1S/C13H15N3O2S/c1-9-15-12(16-18-9)6-7-14-13(17)8-10-2-4-11(19)5-3-10/h2-5,19H,6-8H2,1H3,(H,14,17). The van der Waals surface area contributed by atoms with Gasteiger partial charge in [0.2, 0.25) is 11.8 Å². The van der Waals surface area contributed by atoms with E-state index < -0.39 is 0 Å². The van der Waals surface area contributed by atoms with E-state index in [2.05, 4.69) is 28.1 Å². The van der Waals surface area contributed by atoms with Gasteiger partial charge in [-0.1, -0.05) is 17.3 Å². The number of nitrogens with zero attached hydrogens (tertiary/aromatic N) is 2. The Morgan fingerprint density at radius 3 is 2.74 bits per heavy atom. The third-order valence-corrected chi connectivity index (χ3v) is 2.84. The monoisotopic (exact) mass is 277 g/mol. The molecule has 0 saturated heterocycles. The van der Waals surface area contributed by atoms with E-state index in [4.69, 9.17) is 4.52 Å². The Morgan fingerprint density at radius 1 is 1.37 bits per heavy atom. The molecule has 0 unspecified atom stereocenters. The van der Waals surface area contributed by atoms with E-state index in [1.165, 1.54) is 0 Å². The van der Waals surface area contributed by atoms with Crippen LogP contribution >= 0.6 is 12.6 Å². The van der Waals surface area contributed by atoms with Crippen molar-refractivity contribution in [3.8, 4) is 0 Å². The van der Waals surface area contributed by atoms with E-state index in [9.17, 15) is 4.79 Å². The van der Waals surface area contributed by atoms with Gasteiger partial charge in [-0.05, 0) is 17.7 Å². The first-order chi connectivity index (χ1) is 9.13. The van der Waals surface area contributed by atoms with Crippen molar-refractivity contribution in [1.82, 2.24) is 15.5 Å². The van der Waals surface area contributed by atoms with Gasteiger partial charge in [0.15, 0.2) is 5.82 Å². The average molecular weight is 277 g/mol. The minimum absolute atomic E-state index is 0.0212. The first-order valence-corrected chi connectivity index (χ1v) is 6.42. The zero-order valence-electron chi connectivity index (χ0n) is 10.6. The molecule has 2 aromatic rings. The molecule has 1 aromatic carbocycles. The summed E-state index contributed by atoms with van der Waals surface area (Å²) in [6.45, 7) is 2.24. The molecule has 0 bridgehead atoms. The lowest BCUT2D eigenvalue weighted by Crippen LogP contribution is -2.27. The van der Waals surface area contributed by atoms with Crippen LogP contribution in [-0.2, 0) is 17.6 Å². The Labute approximate surface area is 116 Å². The molecule has 19 heavy (non-hydrogen) atoms. The first kappa shape index (κ1) is 13.6. The fourth-order valence-corrected chi connectivity index (χ4v) is 1.77. The predicted octanol–water partition coefficient (Wildman–Crippen LogP) is 1.57. The van der Waals surface area contributed by atoms with Gasteiger partial charge in [0.05, 0.1) is 6.42 Å². The molecule has 0 spiro atoms. The van der Waals surface area contributed by atoms with E-state index in [0.717, 1.165) is 10.5 Å².